The summed E-state index contributed by atoms with van der Waals surface area (Å²) in [5.41, 5.74) is 7.31. The van der Waals surface area contributed by atoms with Gasteiger partial charge in [-0.2, -0.15) is 0 Å². The number of benzene rings is 3. The van der Waals surface area contributed by atoms with Gasteiger partial charge >= 0.3 is 0 Å². The van der Waals surface area contributed by atoms with Gasteiger partial charge in [-0.15, -0.1) is 11.3 Å². The molecule has 0 saturated carbocycles. The summed E-state index contributed by atoms with van der Waals surface area (Å²) >= 11 is 1.84. The van der Waals surface area contributed by atoms with Crippen LogP contribution in [0, 0.1) is 6.92 Å². The molecule has 0 saturated heterocycles. The molecule has 7 heterocycles. The topological polar surface area (TPSA) is 77.3 Å². The summed E-state index contributed by atoms with van der Waals surface area (Å²) in [5, 5.41) is 5.95. The van der Waals surface area contributed by atoms with Crippen LogP contribution in [0.5, 0.6) is 0 Å². The van der Waals surface area contributed by atoms with Gasteiger partial charge in [-0.1, -0.05) is 97.1 Å². The first-order valence-corrected chi connectivity index (χ1v) is 19.2. The van der Waals surface area contributed by atoms with E-state index in [4.69, 9.17) is 0 Å². The summed E-state index contributed by atoms with van der Waals surface area (Å²) in [6, 6.07) is 48.7. The third-order valence-electron chi connectivity index (χ3n) is 8.91. The number of hydrogen-bond acceptors (Lipinski definition) is 7. The van der Waals surface area contributed by atoms with E-state index in [1.807, 2.05) is 90.5 Å². The van der Waals surface area contributed by atoms with Crippen molar-refractivity contribution in [2.24, 2.45) is 0 Å². The van der Waals surface area contributed by atoms with Gasteiger partial charge < -0.3 is 0 Å². The molecule has 7 heteroatoms. The predicted molar refractivity (Wildman–Crippen MR) is 235 cm³/mol. The predicted octanol–water partition coefficient (Wildman–Crippen LogP) is 12.6. The fraction of sp³-hybridized carbons (Fsp3) is 0.0612. The van der Waals surface area contributed by atoms with Gasteiger partial charge in [-0.05, 0) is 91.9 Å². The molecule has 6 nitrogen and oxygen atoms in total. The van der Waals surface area contributed by atoms with Crippen molar-refractivity contribution in [3.8, 4) is 22.0 Å². The Balaban J connectivity index is 0.000000115. The molecule has 7 aromatic heterocycles. The molecule has 10 aromatic rings. The van der Waals surface area contributed by atoms with E-state index in [0.29, 0.717) is 0 Å². The maximum Gasteiger partial charge on any atom is 0.0964 e. The maximum atomic E-state index is 4.41. The van der Waals surface area contributed by atoms with Crippen LogP contribution in [0.15, 0.2) is 195 Å². The van der Waals surface area contributed by atoms with Crippen LogP contribution in [0.25, 0.3) is 65.4 Å². The molecule has 3 aromatic carbocycles. The molecule has 0 spiro atoms. The van der Waals surface area contributed by atoms with Gasteiger partial charge in [-0.3, -0.25) is 29.9 Å². The Kier molecular flexibility index (Phi) is 12.6. The van der Waals surface area contributed by atoms with Gasteiger partial charge in [-0.25, -0.2) is 0 Å². The minimum absolute atomic E-state index is 0.915. The second-order valence-electron chi connectivity index (χ2n) is 12.7. The van der Waals surface area contributed by atoms with Gasteiger partial charge in [0.05, 0.1) is 38.5 Å². The summed E-state index contributed by atoms with van der Waals surface area (Å²) < 4.78 is 0. The van der Waals surface area contributed by atoms with E-state index < -0.39 is 0 Å². The van der Waals surface area contributed by atoms with E-state index in [2.05, 4.69) is 135 Å². The fourth-order valence-electron chi connectivity index (χ4n) is 6.11. The number of aryl methyl sites for hydroxylation is 1. The summed E-state index contributed by atoms with van der Waals surface area (Å²) in [6.07, 6.45) is 16.1. The summed E-state index contributed by atoms with van der Waals surface area (Å²) in [6.45, 7) is 4.23. The highest BCUT2D eigenvalue weighted by Gasteiger charge is 2.07. The molecule has 0 aliphatic heterocycles. The van der Waals surface area contributed by atoms with E-state index >= 15 is 0 Å². The molecule has 0 atom stereocenters. The van der Waals surface area contributed by atoms with Crippen molar-refractivity contribution in [3.05, 3.63) is 205 Å². The number of pyridine rings is 6. The summed E-state index contributed by atoms with van der Waals surface area (Å²) in [7, 11) is 0. The van der Waals surface area contributed by atoms with Gasteiger partial charge in [0.25, 0.3) is 0 Å². The fourth-order valence-corrected chi connectivity index (χ4v) is 7.23. The zero-order valence-electron chi connectivity index (χ0n) is 31.3. The number of aromatic nitrogens is 6. The molecule has 56 heavy (non-hydrogen) atoms. The Morgan fingerprint density at radius 3 is 1.43 bits per heavy atom. The number of allylic oxidation sites excluding steroid dienone is 2. The van der Waals surface area contributed by atoms with Crippen molar-refractivity contribution in [1.29, 1.82) is 0 Å². The number of hydrogen-bond donors (Lipinski definition) is 0. The molecule has 0 bridgehead atoms. The van der Waals surface area contributed by atoms with Crippen molar-refractivity contribution < 1.29 is 0 Å². The lowest BCUT2D eigenvalue weighted by Gasteiger charge is -2.01. The average molecular weight is 745 g/mol. The monoisotopic (exact) mass is 744 g/mol. The zero-order valence-corrected chi connectivity index (χ0v) is 32.1. The van der Waals surface area contributed by atoms with Crippen LogP contribution in [-0.2, 0) is 6.42 Å². The van der Waals surface area contributed by atoms with E-state index in [-0.39, 0.29) is 0 Å². The molecule has 10 rings (SSSR count). The smallest absolute Gasteiger partial charge is 0.0964 e. The Hall–Kier alpha value is -6.96. The van der Waals surface area contributed by atoms with E-state index in [1.165, 1.54) is 31.5 Å². The Morgan fingerprint density at radius 2 is 0.893 bits per heavy atom. The minimum Gasteiger partial charge on any atom is -0.256 e. The highest BCUT2D eigenvalue weighted by Crippen LogP contribution is 2.30. The normalized spacial score (nSPS) is 10.7. The Morgan fingerprint density at radius 1 is 0.446 bits per heavy atom. The first-order chi connectivity index (χ1) is 27.7. The number of rotatable bonds is 4. The van der Waals surface area contributed by atoms with E-state index in [0.717, 1.165) is 50.8 Å². The molecular formula is C49H40N6S. The summed E-state index contributed by atoms with van der Waals surface area (Å²) in [4.78, 5) is 28.5. The quantitative estimate of drug-likeness (QED) is 0.132. The lowest BCUT2D eigenvalue weighted by atomic mass is 10.1. The van der Waals surface area contributed by atoms with Crippen molar-refractivity contribution in [2.45, 2.75) is 20.3 Å². The van der Waals surface area contributed by atoms with Crippen LogP contribution in [0.2, 0.25) is 0 Å². The molecule has 0 aliphatic carbocycles. The maximum absolute atomic E-state index is 4.41. The summed E-state index contributed by atoms with van der Waals surface area (Å²) in [5.74, 6) is 0. The molecule has 272 valence electrons. The van der Waals surface area contributed by atoms with Crippen LogP contribution in [-0.4, -0.2) is 29.9 Å². The highest BCUT2D eigenvalue weighted by atomic mass is 32.1. The second kappa shape index (κ2) is 18.9. The molecular weight excluding hydrogens is 705 g/mol. The Labute approximate surface area is 331 Å². The average Bonchev–Trinajstić information content (AvgIpc) is 3.67. The molecule has 0 radical (unpaired) electrons. The van der Waals surface area contributed by atoms with Crippen LogP contribution >= 0.6 is 11.3 Å². The zero-order chi connectivity index (χ0) is 38.4. The SMILES string of the molecule is C/C=C\Cc1sc(-c2ccccn2)cc1C.c1ccc(-c2ccccn2)nc1.c1ccc2c(c1)ccc1cccnc12.c1cnc2c(c1)ccc1cccnc12. The van der Waals surface area contributed by atoms with Crippen molar-refractivity contribution in [1.82, 2.24) is 29.9 Å². The van der Waals surface area contributed by atoms with Crippen LogP contribution in [0.1, 0.15) is 17.4 Å². The van der Waals surface area contributed by atoms with E-state index in [9.17, 15) is 0 Å². The number of thiophene rings is 1. The first-order valence-electron chi connectivity index (χ1n) is 18.4. The van der Waals surface area contributed by atoms with Crippen molar-refractivity contribution in [3.63, 3.8) is 0 Å². The standard InChI is InChI=1S/C14H15NS.C13H9N.C12H8N2.C10H8N2/c1-3-4-8-13-11(2)10-14(16-13)12-7-5-6-9-15-12;1-2-6-12-10(4-1)7-8-11-5-3-9-14-13(11)12;1-3-9-5-6-10-4-2-8-14-12(10)11(9)13-7-1;1-3-7-11-9(5-1)10-6-2-4-8-12-10/h3-7,9-10H,8H2,1-2H3;1-9H;1-8H;1-8H/b4-3-;;;. The molecule has 0 fully saturated rings. The number of nitrogens with zero attached hydrogens (tertiary/aromatic N) is 6. The van der Waals surface area contributed by atoms with Crippen molar-refractivity contribution >= 4 is 54.8 Å². The van der Waals surface area contributed by atoms with Crippen LogP contribution in [0.3, 0.4) is 0 Å². The first kappa shape index (κ1) is 37.4. The second-order valence-corrected chi connectivity index (χ2v) is 13.8. The molecule has 0 unspecified atom stereocenters. The molecule has 0 N–H and O–H groups in total. The third kappa shape index (κ3) is 9.39. The Bertz CT molecular complexity index is 2550. The minimum atomic E-state index is 0.915. The van der Waals surface area contributed by atoms with E-state index in [1.54, 1.807) is 24.8 Å². The number of fused-ring (bicyclic) bond motifs is 6. The highest BCUT2D eigenvalue weighted by molar-refractivity contribution is 7.15. The van der Waals surface area contributed by atoms with Crippen LogP contribution in [0.4, 0.5) is 0 Å². The third-order valence-corrected chi connectivity index (χ3v) is 10.2. The van der Waals surface area contributed by atoms with Gasteiger partial charge in [0.15, 0.2) is 0 Å². The van der Waals surface area contributed by atoms with Crippen molar-refractivity contribution in [2.75, 3.05) is 0 Å². The molecule has 0 aliphatic rings. The van der Waals surface area contributed by atoms with Gasteiger partial charge in [0.1, 0.15) is 0 Å². The molecule has 0 amide bonds. The largest absolute Gasteiger partial charge is 0.256 e. The van der Waals surface area contributed by atoms with Gasteiger partial charge in [0, 0.05) is 63.6 Å². The lowest BCUT2D eigenvalue weighted by molar-refractivity contribution is 1.25. The van der Waals surface area contributed by atoms with Gasteiger partial charge in [0.2, 0.25) is 0 Å². The lowest BCUT2D eigenvalue weighted by Crippen LogP contribution is -1.83. The van der Waals surface area contributed by atoms with Crippen LogP contribution < -0.4 is 0 Å².